The third-order valence-electron chi connectivity index (χ3n) is 4.63. The van der Waals surface area contributed by atoms with Crippen molar-refractivity contribution in [1.82, 2.24) is 15.8 Å². The SMILES string of the molecule is CC[C@@]1(C)NC(=O)N(NC(=O)c2ccc(C(=O)c3ccccc3)cc2)C1=O. The minimum absolute atomic E-state index is 0.157. The van der Waals surface area contributed by atoms with Gasteiger partial charge in [-0.25, -0.2) is 4.79 Å². The van der Waals surface area contributed by atoms with Crippen LogP contribution in [0.1, 0.15) is 46.5 Å². The van der Waals surface area contributed by atoms with Crippen molar-refractivity contribution in [2.75, 3.05) is 0 Å². The van der Waals surface area contributed by atoms with Crippen LogP contribution in [0.2, 0.25) is 0 Å². The summed E-state index contributed by atoms with van der Waals surface area (Å²) in [6, 6.07) is 14.1. The molecule has 2 aromatic rings. The Morgan fingerprint density at radius 1 is 0.963 bits per heavy atom. The first-order valence-corrected chi connectivity index (χ1v) is 8.53. The van der Waals surface area contributed by atoms with Gasteiger partial charge < -0.3 is 5.32 Å². The van der Waals surface area contributed by atoms with Crippen LogP contribution in [0.3, 0.4) is 0 Å². The van der Waals surface area contributed by atoms with Gasteiger partial charge in [-0.15, -0.1) is 0 Å². The van der Waals surface area contributed by atoms with E-state index in [0.717, 1.165) is 0 Å². The number of ketones is 1. The van der Waals surface area contributed by atoms with Crippen molar-refractivity contribution in [3.8, 4) is 0 Å². The molecule has 0 saturated carbocycles. The van der Waals surface area contributed by atoms with Crippen LogP contribution in [0, 0.1) is 0 Å². The largest absolute Gasteiger partial charge is 0.344 e. The van der Waals surface area contributed by atoms with E-state index >= 15 is 0 Å². The second kappa shape index (κ2) is 7.03. The fourth-order valence-electron chi connectivity index (χ4n) is 2.72. The van der Waals surface area contributed by atoms with E-state index < -0.39 is 23.4 Å². The number of carbonyl (C=O) groups excluding carboxylic acids is 4. The van der Waals surface area contributed by atoms with Gasteiger partial charge in [0.15, 0.2) is 5.78 Å². The number of nitrogens with one attached hydrogen (secondary N) is 2. The predicted molar refractivity (Wildman–Crippen MR) is 97.9 cm³/mol. The molecule has 1 aliphatic heterocycles. The maximum atomic E-state index is 12.4. The molecule has 7 nitrogen and oxygen atoms in total. The maximum Gasteiger partial charge on any atom is 0.344 e. The van der Waals surface area contributed by atoms with Gasteiger partial charge in [0.1, 0.15) is 5.54 Å². The zero-order valence-electron chi connectivity index (χ0n) is 15.0. The van der Waals surface area contributed by atoms with Crippen LogP contribution in [-0.2, 0) is 4.79 Å². The van der Waals surface area contributed by atoms with Crippen molar-refractivity contribution < 1.29 is 19.2 Å². The monoisotopic (exact) mass is 365 g/mol. The summed E-state index contributed by atoms with van der Waals surface area (Å²) < 4.78 is 0. The second-order valence-electron chi connectivity index (χ2n) is 6.47. The Balaban J connectivity index is 1.72. The highest BCUT2D eigenvalue weighted by molar-refractivity contribution is 6.10. The smallest absolute Gasteiger partial charge is 0.322 e. The van der Waals surface area contributed by atoms with Crippen LogP contribution >= 0.6 is 0 Å². The highest BCUT2D eigenvalue weighted by atomic mass is 16.2. The Labute approximate surface area is 156 Å². The number of rotatable bonds is 5. The van der Waals surface area contributed by atoms with Gasteiger partial charge in [0.25, 0.3) is 11.8 Å². The maximum absolute atomic E-state index is 12.4. The van der Waals surface area contributed by atoms with E-state index in [2.05, 4.69) is 10.7 Å². The average molecular weight is 365 g/mol. The first kappa shape index (κ1) is 18.3. The number of hydrogen-bond donors (Lipinski definition) is 2. The summed E-state index contributed by atoms with van der Waals surface area (Å²) in [4.78, 5) is 49.0. The van der Waals surface area contributed by atoms with Crippen molar-refractivity contribution in [2.45, 2.75) is 25.8 Å². The predicted octanol–water partition coefficient (Wildman–Crippen LogP) is 2.28. The normalized spacial score (nSPS) is 19.0. The minimum atomic E-state index is -1.03. The zero-order valence-corrected chi connectivity index (χ0v) is 15.0. The highest BCUT2D eigenvalue weighted by Crippen LogP contribution is 2.19. The molecule has 1 atom stereocenters. The summed E-state index contributed by atoms with van der Waals surface area (Å²) >= 11 is 0. The Bertz CT molecular complexity index is 909. The molecule has 2 aromatic carbocycles. The standard InChI is InChI=1S/C20H19N3O4/c1-3-20(2)18(26)23(19(27)21-20)22-17(25)15-11-9-14(10-12-15)16(24)13-7-5-4-6-8-13/h4-12H,3H2,1-2H3,(H,21,27)(H,22,25)/t20-/m1/s1. The number of hydrogen-bond acceptors (Lipinski definition) is 4. The van der Waals surface area contributed by atoms with Gasteiger partial charge >= 0.3 is 6.03 Å². The third kappa shape index (κ3) is 3.44. The lowest BCUT2D eigenvalue weighted by atomic mass is 10.00. The van der Waals surface area contributed by atoms with Crippen LogP contribution < -0.4 is 10.7 Å². The number of urea groups is 1. The van der Waals surface area contributed by atoms with Gasteiger partial charge in [0.2, 0.25) is 0 Å². The topological polar surface area (TPSA) is 95.6 Å². The molecule has 0 aliphatic carbocycles. The molecule has 138 valence electrons. The van der Waals surface area contributed by atoms with Crippen molar-refractivity contribution in [3.63, 3.8) is 0 Å². The summed E-state index contributed by atoms with van der Waals surface area (Å²) in [5.74, 6) is -1.29. The lowest BCUT2D eigenvalue weighted by molar-refractivity contribution is -0.132. The summed E-state index contributed by atoms with van der Waals surface area (Å²) in [6.07, 6.45) is 0.403. The van der Waals surface area contributed by atoms with Crippen LogP contribution in [-0.4, -0.2) is 34.2 Å². The van der Waals surface area contributed by atoms with Crippen molar-refractivity contribution >= 4 is 23.6 Å². The Kier molecular flexibility index (Phi) is 4.77. The van der Waals surface area contributed by atoms with E-state index in [-0.39, 0.29) is 11.3 Å². The third-order valence-corrected chi connectivity index (χ3v) is 4.63. The van der Waals surface area contributed by atoms with Gasteiger partial charge in [-0.05, 0) is 25.5 Å². The van der Waals surface area contributed by atoms with Gasteiger partial charge in [-0.1, -0.05) is 49.4 Å². The molecule has 0 aromatic heterocycles. The van der Waals surface area contributed by atoms with Crippen LogP contribution in [0.5, 0.6) is 0 Å². The molecule has 0 bridgehead atoms. The van der Waals surface area contributed by atoms with E-state index in [9.17, 15) is 19.2 Å². The van der Waals surface area contributed by atoms with Gasteiger partial charge in [0.05, 0.1) is 0 Å². The summed E-state index contributed by atoms with van der Waals surface area (Å²) in [5.41, 5.74) is 2.49. The van der Waals surface area contributed by atoms with Gasteiger partial charge in [0, 0.05) is 16.7 Å². The zero-order chi connectivity index (χ0) is 19.6. The van der Waals surface area contributed by atoms with Crippen LogP contribution in [0.4, 0.5) is 4.79 Å². The van der Waals surface area contributed by atoms with E-state index in [0.29, 0.717) is 22.6 Å². The first-order chi connectivity index (χ1) is 12.9. The average Bonchev–Trinajstić information content (AvgIpc) is 2.91. The number of benzene rings is 2. The summed E-state index contributed by atoms with van der Waals surface area (Å²) in [6.45, 7) is 3.37. The number of imide groups is 1. The molecule has 1 heterocycles. The van der Waals surface area contributed by atoms with Crippen molar-refractivity contribution in [1.29, 1.82) is 0 Å². The fraction of sp³-hybridized carbons (Fsp3) is 0.200. The van der Waals surface area contributed by atoms with Gasteiger partial charge in [-0.3, -0.25) is 19.8 Å². The van der Waals surface area contributed by atoms with E-state index in [4.69, 9.17) is 0 Å². The molecule has 27 heavy (non-hydrogen) atoms. The van der Waals surface area contributed by atoms with E-state index in [1.165, 1.54) is 24.3 Å². The molecule has 0 unspecified atom stereocenters. The molecule has 0 spiro atoms. The number of amides is 4. The minimum Gasteiger partial charge on any atom is -0.322 e. The Morgan fingerprint density at radius 3 is 2.07 bits per heavy atom. The molecule has 3 rings (SSSR count). The lowest BCUT2D eigenvalue weighted by Crippen LogP contribution is -2.48. The molecule has 1 fully saturated rings. The molecular weight excluding hydrogens is 346 g/mol. The first-order valence-electron chi connectivity index (χ1n) is 8.53. The molecule has 0 radical (unpaired) electrons. The van der Waals surface area contributed by atoms with Crippen molar-refractivity contribution in [2.24, 2.45) is 0 Å². The van der Waals surface area contributed by atoms with Gasteiger partial charge in [-0.2, -0.15) is 5.01 Å². The number of nitrogens with zero attached hydrogens (tertiary/aromatic N) is 1. The molecule has 1 aliphatic rings. The summed E-state index contributed by atoms with van der Waals surface area (Å²) in [5, 5.41) is 3.25. The van der Waals surface area contributed by atoms with E-state index in [1.54, 1.807) is 38.1 Å². The Morgan fingerprint density at radius 2 is 1.52 bits per heavy atom. The lowest BCUT2D eigenvalue weighted by Gasteiger charge is -2.19. The van der Waals surface area contributed by atoms with Crippen molar-refractivity contribution in [3.05, 3.63) is 71.3 Å². The second-order valence-corrected chi connectivity index (χ2v) is 6.47. The summed E-state index contributed by atoms with van der Waals surface area (Å²) in [7, 11) is 0. The van der Waals surface area contributed by atoms with Crippen LogP contribution in [0.15, 0.2) is 54.6 Å². The Hall–Kier alpha value is -3.48. The van der Waals surface area contributed by atoms with Crippen LogP contribution in [0.25, 0.3) is 0 Å². The molecule has 4 amide bonds. The number of hydrazine groups is 1. The fourth-order valence-corrected chi connectivity index (χ4v) is 2.72. The highest BCUT2D eigenvalue weighted by Gasteiger charge is 2.47. The molecule has 7 heteroatoms. The number of carbonyl (C=O) groups is 4. The molecule has 1 saturated heterocycles. The van der Waals surface area contributed by atoms with E-state index in [1.807, 2.05) is 6.07 Å². The molecule has 2 N–H and O–H groups in total. The quantitative estimate of drug-likeness (QED) is 0.628. The molecular formula is C20H19N3O4.